The number of hydrogen-bond donors (Lipinski definition) is 0. The van der Waals surface area contributed by atoms with E-state index in [9.17, 15) is 4.79 Å². The van der Waals surface area contributed by atoms with Crippen LogP contribution in [-0.2, 0) is 9.53 Å². The lowest BCUT2D eigenvalue weighted by molar-refractivity contribution is -0.128. The number of fused-ring (bicyclic) bond motifs is 1. The highest BCUT2D eigenvalue weighted by Crippen LogP contribution is 2.30. The molecule has 2 aromatic rings. The average molecular weight is 242 g/mol. The Hall–Kier alpha value is -1.83. The van der Waals surface area contributed by atoms with Crippen molar-refractivity contribution in [3.8, 4) is 0 Å². The standard InChI is InChI=1S/C16H18O2/c1-2-13(10-11-18-12-17)15-9-5-7-14-6-3-4-8-16(14)15/h3-9,12-13H,2,10-11H2,1H3. The van der Waals surface area contributed by atoms with E-state index in [0.29, 0.717) is 19.0 Å². The molecular weight excluding hydrogens is 224 g/mol. The zero-order valence-electron chi connectivity index (χ0n) is 10.6. The largest absolute Gasteiger partial charge is 0.468 e. The molecule has 0 aromatic heterocycles. The minimum atomic E-state index is 0.441. The van der Waals surface area contributed by atoms with E-state index in [4.69, 9.17) is 4.74 Å². The molecule has 0 fully saturated rings. The molecule has 2 aromatic carbocycles. The first-order valence-electron chi connectivity index (χ1n) is 6.39. The third kappa shape index (κ3) is 2.70. The molecule has 0 N–H and O–H groups in total. The van der Waals surface area contributed by atoms with Gasteiger partial charge in [-0.2, -0.15) is 0 Å². The maximum Gasteiger partial charge on any atom is 0.293 e. The Morgan fingerprint density at radius 2 is 1.94 bits per heavy atom. The van der Waals surface area contributed by atoms with Crippen molar-refractivity contribution in [3.63, 3.8) is 0 Å². The summed E-state index contributed by atoms with van der Waals surface area (Å²) in [5, 5.41) is 2.57. The molecule has 2 heteroatoms. The quantitative estimate of drug-likeness (QED) is 0.567. The number of hydrogen-bond acceptors (Lipinski definition) is 2. The Balaban J connectivity index is 2.29. The lowest BCUT2D eigenvalue weighted by Gasteiger charge is -2.17. The summed E-state index contributed by atoms with van der Waals surface area (Å²) in [6, 6.07) is 14.8. The zero-order valence-corrected chi connectivity index (χ0v) is 10.6. The van der Waals surface area contributed by atoms with Gasteiger partial charge in [0.15, 0.2) is 0 Å². The van der Waals surface area contributed by atoms with Crippen molar-refractivity contribution < 1.29 is 9.53 Å². The molecule has 0 aliphatic carbocycles. The number of benzene rings is 2. The fourth-order valence-corrected chi connectivity index (χ4v) is 2.44. The SMILES string of the molecule is CCC(CCOC=O)c1cccc2ccccc12. The highest BCUT2D eigenvalue weighted by Gasteiger charge is 2.12. The third-order valence-corrected chi connectivity index (χ3v) is 3.41. The van der Waals surface area contributed by atoms with E-state index in [-0.39, 0.29) is 0 Å². The molecular formula is C16H18O2. The van der Waals surface area contributed by atoms with Gasteiger partial charge in [0.05, 0.1) is 6.61 Å². The second-order valence-electron chi connectivity index (χ2n) is 4.43. The zero-order chi connectivity index (χ0) is 12.8. The maximum absolute atomic E-state index is 10.2. The van der Waals surface area contributed by atoms with Crippen LogP contribution in [0.5, 0.6) is 0 Å². The summed E-state index contributed by atoms with van der Waals surface area (Å²) in [5.74, 6) is 0.441. The van der Waals surface area contributed by atoms with Gasteiger partial charge in [-0.25, -0.2) is 0 Å². The van der Waals surface area contributed by atoms with Crippen LogP contribution in [0.15, 0.2) is 42.5 Å². The highest BCUT2D eigenvalue weighted by atomic mass is 16.5. The van der Waals surface area contributed by atoms with Crippen LogP contribution < -0.4 is 0 Å². The first-order valence-corrected chi connectivity index (χ1v) is 6.39. The van der Waals surface area contributed by atoms with Crippen LogP contribution in [0, 0.1) is 0 Å². The molecule has 2 nitrogen and oxygen atoms in total. The summed E-state index contributed by atoms with van der Waals surface area (Å²) >= 11 is 0. The van der Waals surface area contributed by atoms with Crippen LogP contribution in [0.4, 0.5) is 0 Å². The third-order valence-electron chi connectivity index (χ3n) is 3.41. The summed E-state index contributed by atoms with van der Waals surface area (Å²) in [5.41, 5.74) is 1.35. The molecule has 0 spiro atoms. The smallest absolute Gasteiger partial charge is 0.293 e. The predicted molar refractivity (Wildman–Crippen MR) is 73.6 cm³/mol. The van der Waals surface area contributed by atoms with Crippen molar-refractivity contribution in [3.05, 3.63) is 48.0 Å². The van der Waals surface area contributed by atoms with E-state index in [1.165, 1.54) is 16.3 Å². The van der Waals surface area contributed by atoms with Gasteiger partial charge in [-0.05, 0) is 35.1 Å². The van der Waals surface area contributed by atoms with Crippen molar-refractivity contribution in [1.29, 1.82) is 0 Å². The Labute approximate surface area is 108 Å². The van der Waals surface area contributed by atoms with Crippen LogP contribution in [0.1, 0.15) is 31.2 Å². The topological polar surface area (TPSA) is 26.3 Å². The lowest BCUT2D eigenvalue weighted by Crippen LogP contribution is -2.03. The maximum atomic E-state index is 10.2. The van der Waals surface area contributed by atoms with Crippen molar-refractivity contribution in [1.82, 2.24) is 0 Å². The van der Waals surface area contributed by atoms with Gasteiger partial charge in [0.2, 0.25) is 0 Å². The minimum Gasteiger partial charge on any atom is -0.468 e. The molecule has 0 amide bonds. The summed E-state index contributed by atoms with van der Waals surface area (Å²) < 4.78 is 4.82. The van der Waals surface area contributed by atoms with Crippen molar-refractivity contribution in [2.24, 2.45) is 0 Å². The Bertz CT molecular complexity index is 514. The molecule has 18 heavy (non-hydrogen) atoms. The van der Waals surface area contributed by atoms with Gasteiger partial charge < -0.3 is 4.74 Å². The van der Waals surface area contributed by atoms with Crippen LogP contribution in [-0.4, -0.2) is 13.1 Å². The first-order chi connectivity index (χ1) is 8.86. The molecule has 94 valence electrons. The van der Waals surface area contributed by atoms with E-state index in [2.05, 4.69) is 49.4 Å². The van der Waals surface area contributed by atoms with E-state index in [0.717, 1.165) is 12.8 Å². The minimum absolute atomic E-state index is 0.441. The van der Waals surface area contributed by atoms with Gasteiger partial charge in [0.25, 0.3) is 6.47 Å². The monoisotopic (exact) mass is 242 g/mol. The van der Waals surface area contributed by atoms with E-state index < -0.39 is 0 Å². The molecule has 0 saturated carbocycles. The highest BCUT2D eigenvalue weighted by molar-refractivity contribution is 5.86. The molecule has 2 rings (SSSR count). The number of rotatable bonds is 6. The average Bonchev–Trinajstić information content (AvgIpc) is 2.43. The van der Waals surface area contributed by atoms with Gasteiger partial charge in [0, 0.05) is 0 Å². The Morgan fingerprint density at radius 3 is 2.72 bits per heavy atom. The van der Waals surface area contributed by atoms with Crippen molar-refractivity contribution >= 4 is 17.2 Å². The summed E-state index contributed by atoms with van der Waals surface area (Å²) in [7, 11) is 0. The molecule has 1 atom stereocenters. The molecule has 0 aliphatic heterocycles. The van der Waals surface area contributed by atoms with E-state index in [1.54, 1.807) is 0 Å². The molecule has 0 heterocycles. The Morgan fingerprint density at radius 1 is 1.17 bits per heavy atom. The molecule has 0 aliphatic rings. The second kappa shape index (κ2) is 6.20. The van der Waals surface area contributed by atoms with Gasteiger partial charge in [-0.1, -0.05) is 49.4 Å². The predicted octanol–water partition coefficient (Wildman–Crippen LogP) is 3.90. The second-order valence-corrected chi connectivity index (χ2v) is 4.43. The van der Waals surface area contributed by atoms with Crippen LogP contribution >= 0.6 is 0 Å². The summed E-state index contributed by atoms with van der Waals surface area (Å²) in [4.78, 5) is 10.2. The van der Waals surface area contributed by atoms with Gasteiger partial charge in [-0.3, -0.25) is 4.79 Å². The van der Waals surface area contributed by atoms with E-state index >= 15 is 0 Å². The summed E-state index contributed by atoms with van der Waals surface area (Å²) in [6.07, 6.45) is 1.93. The fraction of sp³-hybridized carbons (Fsp3) is 0.312. The summed E-state index contributed by atoms with van der Waals surface area (Å²) in [6.45, 7) is 3.19. The lowest BCUT2D eigenvalue weighted by atomic mass is 9.89. The van der Waals surface area contributed by atoms with Gasteiger partial charge in [0.1, 0.15) is 0 Å². The first kappa shape index (κ1) is 12.6. The van der Waals surface area contributed by atoms with Gasteiger partial charge >= 0.3 is 0 Å². The van der Waals surface area contributed by atoms with Crippen molar-refractivity contribution in [2.75, 3.05) is 6.61 Å². The van der Waals surface area contributed by atoms with Gasteiger partial charge in [-0.15, -0.1) is 0 Å². The number of ether oxygens (including phenoxy) is 1. The molecule has 0 bridgehead atoms. The Kier molecular flexibility index (Phi) is 4.35. The van der Waals surface area contributed by atoms with Crippen LogP contribution in [0.3, 0.4) is 0 Å². The van der Waals surface area contributed by atoms with Crippen molar-refractivity contribution in [2.45, 2.75) is 25.7 Å². The molecule has 0 radical (unpaired) electrons. The van der Waals surface area contributed by atoms with E-state index in [1.807, 2.05) is 0 Å². The number of carbonyl (C=O) groups excluding carboxylic acids is 1. The normalized spacial score (nSPS) is 12.3. The van der Waals surface area contributed by atoms with Crippen LogP contribution in [0.2, 0.25) is 0 Å². The molecule has 1 unspecified atom stereocenters. The number of carbonyl (C=O) groups is 1. The fourth-order valence-electron chi connectivity index (χ4n) is 2.44. The molecule has 0 saturated heterocycles. The van der Waals surface area contributed by atoms with Crippen LogP contribution in [0.25, 0.3) is 10.8 Å².